The number of sulfonamides is 1. The van der Waals surface area contributed by atoms with Crippen LogP contribution in [-0.4, -0.2) is 30.5 Å². The van der Waals surface area contributed by atoms with E-state index in [0.29, 0.717) is 34.5 Å². The molecule has 0 bridgehead atoms. The number of carbonyl (C=O) groups excluding carboxylic acids is 1. The van der Waals surface area contributed by atoms with Crippen LogP contribution in [0.25, 0.3) is 11.1 Å². The van der Waals surface area contributed by atoms with Crippen molar-refractivity contribution >= 4 is 27.3 Å². The topological polar surface area (TPSA) is 104 Å². The minimum atomic E-state index is -4.02. The van der Waals surface area contributed by atoms with Crippen molar-refractivity contribution < 1.29 is 17.9 Å². The van der Waals surface area contributed by atoms with Crippen molar-refractivity contribution in [2.75, 3.05) is 6.61 Å². The van der Waals surface area contributed by atoms with Crippen LogP contribution in [0.1, 0.15) is 41.6 Å². The Balaban J connectivity index is 2.13. The third-order valence-electron chi connectivity index (χ3n) is 4.45. The highest BCUT2D eigenvalue weighted by atomic mass is 32.2. The zero-order valence-electron chi connectivity index (χ0n) is 17.2. The Morgan fingerprint density at radius 3 is 2.50 bits per heavy atom. The lowest BCUT2D eigenvalue weighted by Gasteiger charge is -2.10. The maximum atomic E-state index is 12.8. The first kappa shape index (κ1) is 22.2. The van der Waals surface area contributed by atoms with Gasteiger partial charge in [-0.15, -0.1) is 11.3 Å². The Labute approximate surface area is 180 Å². The second-order valence-electron chi connectivity index (χ2n) is 7.36. The van der Waals surface area contributed by atoms with Crippen LogP contribution in [-0.2, 0) is 27.7 Å². The summed E-state index contributed by atoms with van der Waals surface area (Å²) in [6, 6.07) is 7.42. The standard InChI is InChI=1S/C21H25N3O4S2/c1-4-28-20(25)19-17(11-14(2)3)29-21(30(22,26)27)18(19)16-7-5-15(6-8-16)12-24-10-9-23-13-24/h5-10,13-14H,4,11-12H2,1-3H3,(H2,22,26,27). The van der Waals surface area contributed by atoms with E-state index >= 15 is 0 Å². The van der Waals surface area contributed by atoms with Crippen molar-refractivity contribution in [1.29, 1.82) is 0 Å². The number of hydrogen-bond acceptors (Lipinski definition) is 6. The first-order valence-electron chi connectivity index (χ1n) is 9.61. The molecule has 0 aliphatic carbocycles. The molecule has 160 valence electrons. The van der Waals surface area contributed by atoms with Crippen molar-refractivity contribution in [3.8, 4) is 11.1 Å². The largest absolute Gasteiger partial charge is 0.462 e. The third-order valence-corrected chi connectivity index (χ3v) is 7.12. The summed E-state index contributed by atoms with van der Waals surface area (Å²) in [6.45, 7) is 6.57. The fraction of sp³-hybridized carbons (Fsp3) is 0.333. The van der Waals surface area contributed by atoms with Crippen LogP contribution < -0.4 is 5.14 Å². The molecular weight excluding hydrogens is 422 g/mol. The Kier molecular flexibility index (Phi) is 6.74. The molecule has 0 spiro atoms. The second kappa shape index (κ2) is 9.11. The molecule has 7 nitrogen and oxygen atoms in total. The summed E-state index contributed by atoms with van der Waals surface area (Å²) in [5.74, 6) is -0.299. The van der Waals surface area contributed by atoms with E-state index in [-0.39, 0.29) is 16.7 Å². The first-order valence-corrected chi connectivity index (χ1v) is 12.0. The van der Waals surface area contributed by atoms with E-state index < -0.39 is 16.0 Å². The van der Waals surface area contributed by atoms with Crippen LogP contribution in [0.5, 0.6) is 0 Å². The first-order chi connectivity index (χ1) is 14.2. The number of imidazole rings is 1. The molecule has 30 heavy (non-hydrogen) atoms. The number of rotatable bonds is 8. The molecule has 0 saturated carbocycles. The summed E-state index contributed by atoms with van der Waals surface area (Å²) in [6.07, 6.45) is 5.85. The van der Waals surface area contributed by atoms with Gasteiger partial charge in [0.15, 0.2) is 0 Å². The van der Waals surface area contributed by atoms with Crippen LogP contribution in [0.15, 0.2) is 47.2 Å². The highest BCUT2D eigenvalue weighted by molar-refractivity contribution is 7.91. The molecule has 2 heterocycles. The number of primary sulfonamides is 1. The lowest BCUT2D eigenvalue weighted by molar-refractivity contribution is 0.0526. The number of esters is 1. The summed E-state index contributed by atoms with van der Waals surface area (Å²) in [4.78, 5) is 17.5. The number of thiophene rings is 1. The molecule has 9 heteroatoms. The van der Waals surface area contributed by atoms with Crippen LogP contribution >= 0.6 is 11.3 Å². The molecule has 0 unspecified atom stereocenters. The summed E-state index contributed by atoms with van der Waals surface area (Å²) in [7, 11) is -4.02. The van der Waals surface area contributed by atoms with Crippen LogP contribution in [0, 0.1) is 5.92 Å². The average molecular weight is 448 g/mol. The Hall–Kier alpha value is -2.49. The van der Waals surface area contributed by atoms with Gasteiger partial charge in [0, 0.05) is 29.4 Å². The molecule has 2 aromatic heterocycles. The molecule has 0 fully saturated rings. The maximum absolute atomic E-state index is 12.8. The van der Waals surface area contributed by atoms with Gasteiger partial charge in [-0.2, -0.15) is 0 Å². The number of hydrogen-bond donors (Lipinski definition) is 1. The Morgan fingerprint density at radius 2 is 1.97 bits per heavy atom. The van der Waals surface area contributed by atoms with Gasteiger partial charge >= 0.3 is 5.97 Å². The van der Waals surface area contributed by atoms with Crippen LogP contribution in [0.2, 0.25) is 0 Å². The predicted molar refractivity (Wildman–Crippen MR) is 117 cm³/mol. The summed E-state index contributed by atoms with van der Waals surface area (Å²) >= 11 is 1.05. The highest BCUT2D eigenvalue weighted by Gasteiger charge is 2.30. The normalized spacial score (nSPS) is 11.8. The fourth-order valence-corrected chi connectivity index (χ4v) is 5.74. The van der Waals surface area contributed by atoms with Crippen molar-refractivity contribution in [2.24, 2.45) is 11.1 Å². The van der Waals surface area contributed by atoms with E-state index in [1.807, 2.05) is 48.9 Å². The minimum absolute atomic E-state index is 0.0106. The van der Waals surface area contributed by atoms with Gasteiger partial charge < -0.3 is 9.30 Å². The number of ether oxygens (including phenoxy) is 1. The third kappa shape index (κ3) is 4.97. The van der Waals surface area contributed by atoms with Gasteiger partial charge in [-0.3, -0.25) is 0 Å². The molecular formula is C21H25N3O4S2. The summed E-state index contributed by atoms with van der Waals surface area (Å²) in [5, 5.41) is 5.52. The molecule has 0 aliphatic heterocycles. The van der Waals surface area contributed by atoms with E-state index in [2.05, 4.69) is 4.98 Å². The quantitative estimate of drug-likeness (QED) is 0.531. The molecule has 0 radical (unpaired) electrons. The molecule has 0 aliphatic rings. The van der Waals surface area contributed by atoms with E-state index in [1.165, 1.54) is 0 Å². The smallest absolute Gasteiger partial charge is 0.339 e. The second-order valence-corrected chi connectivity index (χ2v) is 10.2. The number of aromatic nitrogens is 2. The monoisotopic (exact) mass is 447 g/mol. The van der Waals surface area contributed by atoms with Crippen molar-refractivity contribution in [3.63, 3.8) is 0 Å². The lowest BCUT2D eigenvalue weighted by atomic mass is 9.98. The van der Waals surface area contributed by atoms with Gasteiger partial charge in [-0.05, 0) is 30.4 Å². The maximum Gasteiger partial charge on any atom is 0.339 e. The lowest BCUT2D eigenvalue weighted by Crippen LogP contribution is -2.13. The zero-order valence-corrected chi connectivity index (χ0v) is 18.8. The van der Waals surface area contributed by atoms with Gasteiger partial charge in [0.25, 0.3) is 0 Å². The average Bonchev–Trinajstić information content (AvgIpc) is 3.29. The van der Waals surface area contributed by atoms with Gasteiger partial charge in [-0.25, -0.2) is 23.3 Å². The van der Waals surface area contributed by atoms with E-state index in [9.17, 15) is 13.2 Å². The Bertz CT molecular complexity index is 1120. The van der Waals surface area contributed by atoms with Crippen LogP contribution in [0.3, 0.4) is 0 Å². The van der Waals surface area contributed by atoms with Crippen LogP contribution in [0.4, 0.5) is 0 Å². The molecule has 3 rings (SSSR count). The SMILES string of the molecule is CCOC(=O)c1c(CC(C)C)sc(S(N)(=O)=O)c1-c1ccc(Cn2ccnc2)cc1. The van der Waals surface area contributed by atoms with E-state index in [4.69, 9.17) is 9.88 Å². The number of benzene rings is 1. The number of nitrogens with two attached hydrogens (primary N) is 1. The summed E-state index contributed by atoms with van der Waals surface area (Å²) < 4.78 is 31.9. The zero-order chi connectivity index (χ0) is 21.9. The fourth-order valence-electron chi connectivity index (χ4n) is 3.22. The number of nitrogens with zero attached hydrogens (tertiary/aromatic N) is 2. The van der Waals surface area contributed by atoms with Gasteiger partial charge in [-0.1, -0.05) is 38.1 Å². The minimum Gasteiger partial charge on any atom is -0.462 e. The molecule has 0 saturated heterocycles. The molecule has 3 aromatic rings. The van der Waals surface area contributed by atoms with Gasteiger partial charge in [0.05, 0.1) is 18.5 Å². The Morgan fingerprint density at radius 1 is 1.27 bits per heavy atom. The molecule has 2 N–H and O–H groups in total. The molecule has 0 atom stereocenters. The summed E-state index contributed by atoms with van der Waals surface area (Å²) in [5.41, 5.74) is 2.25. The van der Waals surface area contributed by atoms with E-state index in [0.717, 1.165) is 16.9 Å². The molecule has 0 amide bonds. The highest BCUT2D eigenvalue weighted by Crippen LogP contribution is 2.41. The van der Waals surface area contributed by atoms with Gasteiger partial charge in [0.2, 0.25) is 10.0 Å². The number of carbonyl (C=O) groups is 1. The predicted octanol–water partition coefficient (Wildman–Crippen LogP) is 3.68. The van der Waals surface area contributed by atoms with E-state index in [1.54, 1.807) is 19.4 Å². The van der Waals surface area contributed by atoms with Gasteiger partial charge in [0.1, 0.15) is 4.21 Å². The molecule has 1 aromatic carbocycles. The van der Waals surface area contributed by atoms with Crippen molar-refractivity contribution in [2.45, 2.75) is 37.9 Å². The van der Waals surface area contributed by atoms with Crippen molar-refractivity contribution in [1.82, 2.24) is 9.55 Å². The van der Waals surface area contributed by atoms with Crippen molar-refractivity contribution in [3.05, 3.63) is 59.0 Å².